The van der Waals surface area contributed by atoms with Gasteiger partial charge < -0.3 is 4.74 Å². The summed E-state index contributed by atoms with van der Waals surface area (Å²) in [5.74, 6) is -0.0446. The van der Waals surface area contributed by atoms with Gasteiger partial charge in [-0.2, -0.15) is 0 Å². The molecule has 1 aliphatic heterocycles. The summed E-state index contributed by atoms with van der Waals surface area (Å²) in [6, 6.07) is 0. The standard InChI is InChI=1S/C8H10O2/c1-8-4-2-3-6(8)10-7(9)5-8/h2-3,6H,4-5H2,1H3/t6-,8-/m0/s1. The summed E-state index contributed by atoms with van der Waals surface area (Å²) in [6.07, 6.45) is 5.73. The quantitative estimate of drug-likeness (QED) is 0.372. The van der Waals surface area contributed by atoms with E-state index in [4.69, 9.17) is 4.74 Å². The second kappa shape index (κ2) is 1.62. The number of carbonyl (C=O) groups excluding carboxylic acids is 1. The number of rotatable bonds is 0. The van der Waals surface area contributed by atoms with Gasteiger partial charge in [-0.05, 0) is 12.5 Å². The van der Waals surface area contributed by atoms with E-state index >= 15 is 0 Å². The number of esters is 1. The van der Waals surface area contributed by atoms with Gasteiger partial charge in [0.1, 0.15) is 6.10 Å². The van der Waals surface area contributed by atoms with Crippen LogP contribution in [0.1, 0.15) is 19.8 Å². The van der Waals surface area contributed by atoms with Crippen molar-refractivity contribution in [3.63, 3.8) is 0 Å². The molecule has 0 spiro atoms. The maximum absolute atomic E-state index is 10.8. The topological polar surface area (TPSA) is 26.3 Å². The zero-order valence-electron chi connectivity index (χ0n) is 5.96. The van der Waals surface area contributed by atoms with Crippen LogP contribution >= 0.6 is 0 Å². The van der Waals surface area contributed by atoms with Gasteiger partial charge in [0.15, 0.2) is 0 Å². The fourth-order valence-corrected chi connectivity index (χ4v) is 1.68. The third-order valence-electron chi connectivity index (χ3n) is 2.39. The molecular formula is C8H10O2. The Labute approximate surface area is 59.9 Å². The number of fused-ring (bicyclic) bond motifs is 1. The minimum atomic E-state index is -0.0446. The first-order valence-corrected chi connectivity index (χ1v) is 3.57. The lowest BCUT2D eigenvalue weighted by Crippen LogP contribution is -2.20. The van der Waals surface area contributed by atoms with Crippen LogP contribution in [0.4, 0.5) is 0 Å². The molecule has 0 N–H and O–H groups in total. The maximum atomic E-state index is 10.8. The third kappa shape index (κ3) is 0.618. The molecule has 0 amide bonds. The molecule has 2 rings (SSSR count). The van der Waals surface area contributed by atoms with Crippen LogP contribution in [0.2, 0.25) is 0 Å². The average molecular weight is 138 g/mol. The van der Waals surface area contributed by atoms with Crippen LogP contribution in [0, 0.1) is 5.41 Å². The molecule has 0 aromatic rings. The van der Waals surface area contributed by atoms with Crippen LogP contribution in [0.15, 0.2) is 12.2 Å². The molecular weight excluding hydrogens is 128 g/mol. The lowest BCUT2D eigenvalue weighted by Gasteiger charge is -2.18. The Kier molecular flexibility index (Phi) is 0.967. The first kappa shape index (κ1) is 5.96. The van der Waals surface area contributed by atoms with Gasteiger partial charge in [-0.1, -0.05) is 13.0 Å². The van der Waals surface area contributed by atoms with E-state index in [0.717, 1.165) is 6.42 Å². The summed E-state index contributed by atoms with van der Waals surface area (Å²) in [5, 5.41) is 0. The molecule has 0 radical (unpaired) electrons. The minimum Gasteiger partial charge on any atom is -0.457 e. The molecule has 0 saturated carbocycles. The predicted octanol–water partition coefficient (Wildman–Crippen LogP) is 1.27. The lowest BCUT2D eigenvalue weighted by atomic mass is 9.84. The normalized spacial score (nSPS) is 43.7. The molecule has 1 saturated heterocycles. The van der Waals surface area contributed by atoms with Gasteiger partial charge in [-0.3, -0.25) is 4.79 Å². The average Bonchev–Trinajstić information content (AvgIpc) is 2.20. The predicted molar refractivity (Wildman–Crippen MR) is 36.4 cm³/mol. The maximum Gasteiger partial charge on any atom is 0.307 e. The van der Waals surface area contributed by atoms with Crippen LogP contribution in [-0.4, -0.2) is 12.1 Å². The molecule has 0 aromatic carbocycles. The Hall–Kier alpha value is -0.790. The summed E-state index contributed by atoms with van der Waals surface area (Å²) in [6.45, 7) is 2.10. The summed E-state index contributed by atoms with van der Waals surface area (Å²) < 4.78 is 5.06. The van der Waals surface area contributed by atoms with Crippen LogP contribution < -0.4 is 0 Å². The zero-order valence-corrected chi connectivity index (χ0v) is 5.96. The van der Waals surface area contributed by atoms with Gasteiger partial charge in [-0.25, -0.2) is 0 Å². The molecule has 2 nitrogen and oxygen atoms in total. The molecule has 1 fully saturated rings. The van der Waals surface area contributed by atoms with E-state index in [9.17, 15) is 4.79 Å². The van der Waals surface area contributed by atoms with Crippen LogP contribution in [0.25, 0.3) is 0 Å². The fraction of sp³-hybridized carbons (Fsp3) is 0.625. The van der Waals surface area contributed by atoms with Gasteiger partial charge in [0.2, 0.25) is 0 Å². The van der Waals surface area contributed by atoms with E-state index in [1.165, 1.54) is 0 Å². The van der Waals surface area contributed by atoms with Crippen molar-refractivity contribution < 1.29 is 9.53 Å². The molecule has 0 unspecified atom stereocenters. The van der Waals surface area contributed by atoms with Crippen LogP contribution in [-0.2, 0) is 9.53 Å². The van der Waals surface area contributed by atoms with Gasteiger partial charge in [0, 0.05) is 5.41 Å². The molecule has 1 aliphatic carbocycles. The number of hydrogen-bond donors (Lipinski definition) is 0. The second-order valence-corrected chi connectivity index (χ2v) is 3.37. The van der Waals surface area contributed by atoms with Gasteiger partial charge in [0.05, 0.1) is 6.42 Å². The Morgan fingerprint density at radius 2 is 2.60 bits per heavy atom. The summed E-state index contributed by atoms with van der Waals surface area (Å²) in [4.78, 5) is 10.8. The highest BCUT2D eigenvalue weighted by molar-refractivity contribution is 5.73. The molecule has 2 aliphatic rings. The number of hydrogen-bond acceptors (Lipinski definition) is 2. The monoisotopic (exact) mass is 138 g/mol. The van der Waals surface area contributed by atoms with Gasteiger partial charge >= 0.3 is 5.97 Å². The van der Waals surface area contributed by atoms with E-state index in [1.54, 1.807) is 0 Å². The van der Waals surface area contributed by atoms with E-state index in [-0.39, 0.29) is 17.5 Å². The van der Waals surface area contributed by atoms with Crippen molar-refractivity contribution >= 4 is 5.97 Å². The molecule has 1 heterocycles. The van der Waals surface area contributed by atoms with Crippen molar-refractivity contribution in [3.8, 4) is 0 Å². The molecule has 54 valence electrons. The SMILES string of the molecule is C[C@@]12CC=C[C@@H]1OC(=O)C2. The largest absolute Gasteiger partial charge is 0.457 e. The van der Waals surface area contributed by atoms with Crippen molar-refractivity contribution in [1.82, 2.24) is 0 Å². The first-order chi connectivity index (χ1) is 4.71. The Morgan fingerprint density at radius 1 is 1.80 bits per heavy atom. The summed E-state index contributed by atoms with van der Waals surface area (Å²) in [7, 11) is 0. The van der Waals surface area contributed by atoms with Crippen molar-refractivity contribution in [2.45, 2.75) is 25.9 Å². The fourth-order valence-electron chi connectivity index (χ4n) is 1.68. The lowest BCUT2D eigenvalue weighted by molar-refractivity contribution is -0.140. The van der Waals surface area contributed by atoms with Crippen LogP contribution in [0.3, 0.4) is 0 Å². The molecule has 10 heavy (non-hydrogen) atoms. The van der Waals surface area contributed by atoms with Crippen LogP contribution in [0.5, 0.6) is 0 Å². The first-order valence-electron chi connectivity index (χ1n) is 3.57. The Bertz CT molecular complexity index is 207. The summed E-state index contributed by atoms with van der Waals surface area (Å²) in [5.41, 5.74) is 0.0943. The van der Waals surface area contributed by atoms with Gasteiger partial charge in [-0.15, -0.1) is 0 Å². The molecule has 0 aromatic heterocycles. The van der Waals surface area contributed by atoms with E-state index in [0.29, 0.717) is 6.42 Å². The number of ether oxygens (including phenoxy) is 1. The number of carbonyl (C=O) groups is 1. The Morgan fingerprint density at radius 3 is 3.30 bits per heavy atom. The minimum absolute atomic E-state index is 0.0446. The van der Waals surface area contributed by atoms with Crippen molar-refractivity contribution in [1.29, 1.82) is 0 Å². The highest BCUT2D eigenvalue weighted by Gasteiger charge is 2.45. The molecule has 0 bridgehead atoms. The molecule has 2 heteroatoms. The zero-order chi connectivity index (χ0) is 7.19. The Balaban J connectivity index is 2.28. The highest BCUT2D eigenvalue weighted by Crippen LogP contribution is 2.43. The van der Waals surface area contributed by atoms with E-state index < -0.39 is 0 Å². The summed E-state index contributed by atoms with van der Waals surface area (Å²) >= 11 is 0. The molecule has 2 atom stereocenters. The van der Waals surface area contributed by atoms with Crippen molar-refractivity contribution in [3.05, 3.63) is 12.2 Å². The van der Waals surface area contributed by atoms with Crippen molar-refractivity contribution in [2.75, 3.05) is 0 Å². The third-order valence-corrected chi connectivity index (χ3v) is 2.39. The highest BCUT2D eigenvalue weighted by atomic mass is 16.6. The van der Waals surface area contributed by atoms with Crippen molar-refractivity contribution in [2.24, 2.45) is 5.41 Å². The van der Waals surface area contributed by atoms with E-state index in [2.05, 4.69) is 13.0 Å². The second-order valence-electron chi connectivity index (χ2n) is 3.37. The van der Waals surface area contributed by atoms with E-state index in [1.807, 2.05) is 6.08 Å². The smallest absolute Gasteiger partial charge is 0.307 e. The van der Waals surface area contributed by atoms with Gasteiger partial charge in [0.25, 0.3) is 0 Å². The number of allylic oxidation sites excluding steroid dienone is 1.